The standard InChI is InChI=1S/C33H36O3/c1-26(2)29-21-16-27(17-22-29)12-8-5-3-4-6-11-15-33(35)36-31-23-18-28(19-24-31)20-25-32(34)30-13-9-7-10-14-30/h7,9-10,13-14,16-25H,1,3-6,8,11-12,15H2,2H3. The molecule has 0 saturated carbocycles. The van der Waals surface area contributed by atoms with Crippen LogP contribution in [-0.2, 0) is 11.2 Å². The molecule has 0 aliphatic heterocycles. The number of hydrogen-bond donors (Lipinski definition) is 0. The zero-order chi connectivity index (χ0) is 25.6. The third kappa shape index (κ3) is 9.50. The average Bonchev–Trinajstić information content (AvgIpc) is 2.90. The molecule has 0 radical (unpaired) electrons. The lowest BCUT2D eigenvalue weighted by Crippen LogP contribution is -2.07. The molecule has 0 aromatic heterocycles. The summed E-state index contributed by atoms with van der Waals surface area (Å²) in [5, 5.41) is 0. The summed E-state index contributed by atoms with van der Waals surface area (Å²) >= 11 is 0. The van der Waals surface area contributed by atoms with Crippen molar-refractivity contribution in [2.75, 3.05) is 0 Å². The Labute approximate surface area is 215 Å². The first kappa shape index (κ1) is 26.9. The van der Waals surface area contributed by atoms with E-state index in [-0.39, 0.29) is 11.8 Å². The third-order valence-electron chi connectivity index (χ3n) is 6.14. The number of ketones is 1. The number of esters is 1. The second-order valence-corrected chi connectivity index (χ2v) is 9.21. The number of ether oxygens (including phenoxy) is 1. The van der Waals surface area contributed by atoms with Crippen molar-refractivity contribution >= 4 is 23.4 Å². The van der Waals surface area contributed by atoms with Gasteiger partial charge in [-0.3, -0.25) is 9.59 Å². The maximum Gasteiger partial charge on any atom is 0.311 e. The zero-order valence-corrected chi connectivity index (χ0v) is 21.2. The fourth-order valence-corrected chi connectivity index (χ4v) is 3.96. The zero-order valence-electron chi connectivity index (χ0n) is 21.2. The molecule has 0 aliphatic rings. The quantitative estimate of drug-likeness (QED) is 0.0764. The number of aryl methyl sites for hydroxylation is 1. The maximum absolute atomic E-state index is 12.2. The van der Waals surface area contributed by atoms with Gasteiger partial charge >= 0.3 is 5.97 Å². The Morgan fingerprint density at radius 2 is 1.39 bits per heavy atom. The highest BCUT2D eigenvalue weighted by Gasteiger charge is 2.05. The molecule has 0 N–H and O–H groups in total. The lowest BCUT2D eigenvalue weighted by molar-refractivity contribution is -0.134. The first-order valence-electron chi connectivity index (χ1n) is 12.8. The third-order valence-corrected chi connectivity index (χ3v) is 6.14. The van der Waals surface area contributed by atoms with E-state index in [2.05, 4.69) is 30.8 Å². The number of rotatable bonds is 14. The van der Waals surface area contributed by atoms with Crippen molar-refractivity contribution in [1.82, 2.24) is 0 Å². The summed E-state index contributed by atoms with van der Waals surface area (Å²) in [6, 6.07) is 25.1. The summed E-state index contributed by atoms with van der Waals surface area (Å²) < 4.78 is 5.45. The van der Waals surface area contributed by atoms with Crippen LogP contribution in [0.4, 0.5) is 0 Å². The van der Waals surface area contributed by atoms with Gasteiger partial charge in [0.05, 0.1) is 0 Å². The van der Waals surface area contributed by atoms with E-state index in [9.17, 15) is 9.59 Å². The van der Waals surface area contributed by atoms with Crippen molar-refractivity contribution in [3.8, 4) is 5.75 Å². The SMILES string of the molecule is C=C(C)c1ccc(CCCCCCCCC(=O)Oc2ccc(C=CC(=O)c3ccccc3)cc2)cc1. The van der Waals surface area contributed by atoms with E-state index in [1.165, 1.54) is 30.4 Å². The van der Waals surface area contributed by atoms with E-state index in [0.717, 1.165) is 36.8 Å². The van der Waals surface area contributed by atoms with Crippen LogP contribution in [0.2, 0.25) is 0 Å². The fourth-order valence-electron chi connectivity index (χ4n) is 3.96. The average molecular weight is 481 g/mol. The lowest BCUT2D eigenvalue weighted by Gasteiger charge is -2.06. The molecule has 3 rings (SSSR count). The van der Waals surface area contributed by atoms with Gasteiger partial charge in [0.25, 0.3) is 0 Å². The van der Waals surface area contributed by atoms with E-state index in [4.69, 9.17) is 4.74 Å². The van der Waals surface area contributed by atoms with Crippen LogP contribution in [0.25, 0.3) is 11.6 Å². The minimum Gasteiger partial charge on any atom is -0.427 e. The van der Waals surface area contributed by atoms with Gasteiger partial charge in [0.15, 0.2) is 5.78 Å². The Hall–Kier alpha value is -3.72. The molecule has 0 bridgehead atoms. The Morgan fingerprint density at radius 1 is 0.750 bits per heavy atom. The van der Waals surface area contributed by atoms with Gasteiger partial charge in [-0.15, -0.1) is 0 Å². The van der Waals surface area contributed by atoms with Crippen LogP contribution < -0.4 is 4.74 Å². The summed E-state index contributed by atoms with van der Waals surface area (Å²) in [4.78, 5) is 24.3. The van der Waals surface area contributed by atoms with Gasteiger partial charge in [-0.25, -0.2) is 0 Å². The molecule has 186 valence electrons. The molecule has 0 aliphatic carbocycles. The van der Waals surface area contributed by atoms with Crippen LogP contribution >= 0.6 is 0 Å². The van der Waals surface area contributed by atoms with E-state index >= 15 is 0 Å². The molecule has 3 aromatic carbocycles. The highest BCUT2D eigenvalue weighted by atomic mass is 16.5. The second-order valence-electron chi connectivity index (χ2n) is 9.21. The molecule has 36 heavy (non-hydrogen) atoms. The monoisotopic (exact) mass is 480 g/mol. The Morgan fingerprint density at radius 3 is 2.06 bits per heavy atom. The molecule has 0 spiro atoms. The van der Waals surface area contributed by atoms with E-state index < -0.39 is 0 Å². The molecule has 0 unspecified atom stereocenters. The summed E-state index contributed by atoms with van der Waals surface area (Å²) in [6.45, 7) is 6.01. The minimum absolute atomic E-state index is 0.0419. The fraction of sp³-hybridized carbons (Fsp3) is 0.273. The smallest absolute Gasteiger partial charge is 0.311 e. The Bertz CT molecular complexity index is 1140. The van der Waals surface area contributed by atoms with Crippen LogP contribution in [0.3, 0.4) is 0 Å². The van der Waals surface area contributed by atoms with Crippen molar-refractivity contribution < 1.29 is 14.3 Å². The van der Waals surface area contributed by atoms with E-state index in [1.54, 1.807) is 36.4 Å². The molecule has 3 heteroatoms. The summed E-state index contributed by atoms with van der Waals surface area (Å²) in [7, 11) is 0. The van der Waals surface area contributed by atoms with Gasteiger partial charge in [0.1, 0.15) is 5.75 Å². The van der Waals surface area contributed by atoms with Gasteiger partial charge in [0, 0.05) is 12.0 Å². The Balaban J connectivity index is 1.25. The largest absolute Gasteiger partial charge is 0.427 e. The number of hydrogen-bond acceptors (Lipinski definition) is 3. The summed E-state index contributed by atoms with van der Waals surface area (Å²) in [5.74, 6) is 0.290. The van der Waals surface area contributed by atoms with Crippen LogP contribution in [-0.4, -0.2) is 11.8 Å². The normalized spacial score (nSPS) is 10.9. The topological polar surface area (TPSA) is 43.4 Å². The predicted molar refractivity (Wildman–Crippen MR) is 149 cm³/mol. The van der Waals surface area contributed by atoms with Crippen LogP contribution in [0.15, 0.2) is 91.5 Å². The van der Waals surface area contributed by atoms with Crippen molar-refractivity contribution in [2.24, 2.45) is 0 Å². The molecule has 0 amide bonds. The minimum atomic E-state index is -0.198. The molecule has 3 aromatic rings. The first-order valence-corrected chi connectivity index (χ1v) is 12.8. The first-order chi connectivity index (χ1) is 17.5. The number of unbranched alkanes of at least 4 members (excludes halogenated alkanes) is 5. The van der Waals surface area contributed by atoms with Gasteiger partial charge in [-0.2, -0.15) is 0 Å². The number of carbonyl (C=O) groups is 2. The van der Waals surface area contributed by atoms with E-state index in [0.29, 0.717) is 17.7 Å². The number of allylic oxidation sites excluding steroid dienone is 2. The Kier molecular flexibility index (Phi) is 10.9. The van der Waals surface area contributed by atoms with Crippen LogP contribution in [0.1, 0.15) is 78.9 Å². The van der Waals surface area contributed by atoms with Crippen LogP contribution in [0, 0.1) is 0 Å². The maximum atomic E-state index is 12.2. The van der Waals surface area contributed by atoms with E-state index in [1.807, 2.05) is 37.3 Å². The number of benzene rings is 3. The highest BCUT2D eigenvalue weighted by Crippen LogP contribution is 2.17. The predicted octanol–water partition coefficient (Wildman–Crippen LogP) is 8.49. The van der Waals surface area contributed by atoms with Gasteiger partial charge < -0.3 is 4.74 Å². The van der Waals surface area contributed by atoms with Crippen LogP contribution in [0.5, 0.6) is 5.75 Å². The van der Waals surface area contributed by atoms with Crippen molar-refractivity contribution in [3.05, 3.63) is 114 Å². The molecular weight excluding hydrogens is 444 g/mol. The highest BCUT2D eigenvalue weighted by molar-refractivity contribution is 6.06. The number of carbonyl (C=O) groups excluding carboxylic acids is 2. The molecule has 0 heterocycles. The molecule has 0 atom stereocenters. The molecule has 0 fully saturated rings. The van der Waals surface area contributed by atoms with Crippen molar-refractivity contribution in [1.29, 1.82) is 0 Å². The lowest BCUT2D eigenvalue weighted by atomic mass is 10.0. The molecule has 0 saturated heterocycles. The van der Waals surface area contributed by atoms with Crippen molar-refractivity contribution in [2.45, 2.75) is 58.3 Å². The van der Waals surface area contributed by atoms with Gasteiger partial charge in [-0.05, 0) is 61.1 Å². The summed E-state index contributed by atoms with van der Waals surface area (Å²) in [6.07, 6.45) is 11.5. The molecule has 3 nitrogen and oxygen atoms in total. The van der Waals surface area contributed by atoms with Crippen molar-refractivity contribution in [3.63, 3.8) is 0 Å². The summed E-state index contributed by atoms with van der Waals surface area (Å²) in [5.41, 5.74) is 5.22. The second kappa shape index (κ2) is 14.6. The van der Waals surface area contributed by atoms with Gasteiger partial charge in [-0.1, -0.05) is 111 Å². The van der Waals surface area contributed by atoms with Gasteiger partial charge in [0.2, 0.25) is 0 Å². The molecular formula is C33H36O3.